The molecule has 0 aliphatic rings. The molecule has 0 bridgehead atoms. The van der Waals surface area contributed by atoms with Crippen molar-refractivity contribution in [3.63, 3.8) is 0 Å². The minimum Gasteiger partial charge on any atom is -0.394 e. The second kappa shape index (κ2) is 10.4. The maximum absolute atomic E-state index is 9.53. The molecule has 0 radical (unpaired) electrons. The van der Waals surface area contributed by atoms with E-state index in [-0.39, 0.29) is 24.2 Å². The summed E-state index contributed by atoms with van der Waals surface area (Å²) in [6.07, 6.45) is 6.50. The average Bonchev–Trinajstić information content (AvgIpc) is 2.58. The summed E-state index contributed by atoms with van der Waals surface area (Å²) in [4.78, 5) is 0. The van der Waals surface area contributed by atoms with E-state index in [1.807, 2.05) is 42.5 Å². The highest BCUT2D eigenvalue weighted by molar-refractivity contribution is 5.13. The van der Waals surface area contributed by atoms with Gasteiger partial charge in [-0.1, -0.05) is 69.3 Å². The number of benzene rings is 1. The van der Waals surface area contributed by atoms with E-state index in [0.29, 0.717) is 12.5 Å². The van der Waals surface area contributed by atoms with E-state index in [2.05, 4.69) is 33.4 Å². The molecule has 3 heteroatoms. The Kier molecular flexibility index (Phi) is 8.98. The predicted octanol–water partition coefficient (Wildman–Crippen LogP) is 4.37. The van der Waals surface area contributed by atoms with Gasteiger partial charge in [0.1, 0.15) is 12.2 Å². The van der Waals surface area contributed by atoms with Crippen LogP contribution in [0.2, 0.25) is 0 Å². The normalized spacial score (nSPS) is 16.0. The summed E-state index contributed by atoms with van der Waals surface area (Å²) in [5.41, 5.74) is 1.20. The fraction of sp³-hybridized carbons (Fsp3) is 0.524. The van der Waals surface area contributed by atoms with Crippen LogP contribution in [0.5, 0.6) is 0 Å². The van der Waals surface area contributed by atoms with Gasteiger partial charge in [-0.3, -0.25) is 0 Å². The second-order valence-electron chi connectivity index (χ2n) is 6.98. The Labute approximate surface area is 147 Å². The van der Waals surface area contributed by atoms with Crippen molar-refractivity contribution in [3.8, 4) is 0 Å². The van der Waals surface area contributed by atoms with Crippen molar-refractivity contribution in [3.05, 3.63) is 60.7 Å². The Bertz CT molecular complexity index is 489. The number of ether oxygens (including phenoxy) is 2. The summed E-state index contributed by atoms with van der Waals surface area (Å²) in [7, 11) is 1.60. The minimum absolute atomic E-state index is 0.0766. The van der Waals surface area contributed by atoms with Crippen LogP contribution in [0.4, 0.5) is 0 Å². The quantitative estimate of drug-likeness (QED) is 0.611. The highest BCUT2D eigenvalue weighted by Gasteiger charge is 2.20. The zero-order valence-electron chi connectivity index (χ0n) is 15.4. The molecule has 134 valence electrons. The van der Waals surface area contributed by atoms with Gasteiger partial charge in [0.05, 0.1) is 13.2 Å². The lowest BCUT2D eigenvalue weighted by atomic mass is 9.83. The Morgan fingerprint density at radius 3 is 2.42 bits per heavy atom. The van der Waals surface area contributed by atoms with E-state index in [9.17, 15) is 5.11 Å². The number of hydrogen-bond acceptors (Lipinski definition) is 3. The van der Waals surface area contributed by atoms with E-state index in [0.717, 1.165) is 12.0 Å². The topological polar surface area (TPSA) is 38.7 Å². The standard InChI is InChI=1S/C21H32O3/c1-6-21(3,4)14-17(2)12-13-19(20(15-22)23-5)24-16-18-10-8-7-9-11-18/h6-13,17,19-20,22H,1,14-16H2,2-5H3/b13-12+. The minimum atomic E-state index is -0.371. The summed E-state index contributed by atoms with van der Waals surface area (Å²) in [5.74, 6) is 0.386. The lowest BCUT2D eigenvalue weighted by Crippen LogP contribution is -2.32. The van der Waals surface area contributed by atoms with Gasteiger partial charge in [0.15, 0.2) is 0 Å². The number of aliphatic hydroxyl groups excluding tert-OH is 1. The molecule has 0 aromatic heterocycles. The molecule has 0 spiro atoms. The van der Waals surface area contributed by atoms with Crippen molar-refractivity contribution >= 4 is 0 Å². The lowest BCUT2D eigenvalue weighted by Gasteiger charge is -2.25. The molecule has 0 aliphatic heterocycles. The van der Waals surface area contributed by atoms with Crippen LogP contribution in [0.1, 0.15) is 32.8 Å². The fourth-order valence-corrected chi connectivity index (χ4v) is 2.65. The zero-order chi connectivity index (χ0) is 18.0. The van der Waals surface area contributed by atoms with Crippen molar-refractivity contribution in [2.45, 2.75) is 46.0 Å². The predicted molar refractivity (Wildman–Crippen MR) is 99.8 cm³/mol. The molecule has 0 fully saturated rings. The molecule has 3 atom stereocenters. The molecule has 0 aliphatic carbocycles. The van der Waals surface area contributed by atoms with Gasteiger partial charge in [-0.25, -0.2) is 0 Å². The average molecular weight is 332 g/mol. The summed E-state index contributed by atoms with van der Waals surface area (Å²) in [6, 6.07) is 10.0. The maximum Gasteiger partial charge on any atom is 0.110 e. The van der Waals surface area contributed by atoms with Crippen LogP contribution in [0.3, 0.4) is 0 Å². The maximum atomic E-state index is 9.53. The first kappa shape index (κ1) is 20.6. The van der Waals surface area contributed by atoms with Crippen molar-refractivity contribution < 1.29 is 14.6 Å². The van der Waals surface area contributed by atoms with E-state index in [1.165, 1.54) is 0 Å². The molecule has 0 amide bonds. The van der Waals surface area contributed by atoms with E-state index in [4.69, 9.17) is 9.47 Å². The molecule has 24 heavy (non-hydrogen) atoms. The largest absolute Gasteiger partial charge is 0.394 e. The Morgan fingerprint density at radius 1 is 1.21 bits per heavy atom. The molecular formula is C21H32O3. The number of methoxy groups -OCH3 is 1. The van der Waals surface area contributed by atoms with Crippen LogP contribution in [-0.4, -0.2) is 31.0 Å². The SMILES string of the molecule is C=CC(C)(C)CC(C)/C=C/C(OCc1ccccc1)C(CO)OC. The van der Waals surface area contributed by atoms with Crippen molar-refractivity contribution in [2.75, 3.05) is 13.7 Å². The number of rotatable bonds is 11. The van der Waals surface area contributed by atoms with Gasteiger partial charge in [-0.05, 0) is 23.3 Å². The number of allylic oxidation sites excluding steroid dienone is 2. The third-order valence-electron chi connectivity index (χ3n) is 4.16. The van der Waals surface area contributed by atoms with Crippen LogP contribution in [0.15, 0.2) is 55.1 Å². The van der Waals surface area contributed by atoms with Crippen LogP contribution in [0, 0.1) is 11.3 Å². The third kappa shape index (κ3) is 7.43. The summed E-state index contributed by atoms with van der Waals surface area (Å²) in [5, 5.41) is 9.53. The summed E-state index contributed by atoms with van der Waals surface area (Å²) >= 11 is 0. The summed E-state index contributed by atoms with van der Waals surface area (Å²) in [6.45, 7) is 10.8. The molecule has 0 saturated carbocycles. The molecule has 1 rings (SSSR count). The van der Waals surface area contributed by atoms with Gasteiger partial charge < -0.3 is 14.6 Å². The molecule has 0 heterocycles. The molecule has 1 aromatic carbocycles. The summed E-state index contributed by atoms with van der Waals surface area (Å²) < 4.78 is 11.3. The Balaban J connectivity index is 2.71. The smallest absolute Gasteiger partial charge is 0.110 e. The number of aliphatic hydroxyl groups is 1. The molecule has 0 saturated heterocycles. The van der Waals surface area contributed by atoms with Crippen LogP contribution >= 0.6 is 0 Å². The van der Waals surface area contributed by atoms with E-state index in [1.54, 1.807) is 7.11 Å². The van der Waals surface area contributed by atoms with Crippen LogP contribution in [0.25, 0.3) is 0 Å². The first-order valence-electron chi connectivity index (χ1n) is 8.53. The van der Waals surface area contributed by atoms with Crippen molar-refractivity contribution in [1.29, 1.82) is 0 Å². The van der Waals surface area contributed by atoms with Gasteiger partial charge in [0, 0.05) is 7.11 Å². The van der Waals surface area contributed by atoms with E-state index < -0.39 is 0 Å². The van der Waals surface area contributed by atoms with Crippen LogP contribution in [-0.2, 0) is 16.1 Å². The molecule has 1 N–H and O–H groups in total. The van der Waals surface area contributed by atoms with Crippen molar-refractivity contribution in [1.82, 2.24) is 0 Å². The second-order valence-corrected chi connectivity index (χ2v) is 6.98. The highest BCUT2D eigenvalue weighted by Crippen LogP contribution is 2.27. The van der Waals surface area contributed by atoms with Gasteiger partial charge in [-0.15, -0.1) is 6.58 Å². The third-order valence-corrected chi connectivity index (χ3v) is 4.16. The fourth-order valence-electron chi connectivity index (χ4n) is 2.65. The van der Waals surface area contributed by atoms with Crippen molar-refractivity contribution in [2.24, 2.45) is 11.3 Å². The Morgan fingerprint density at radius 2 is 1.88 bits per heavy atom. The first-order valence-corrected chi connectivity index (χ1v) is 8.53. The lowest BCUT2D eigenvalue weighted by molar-refractivity contribution is -0.0609. The monoisotopic (exact) mass is 332 g/mol. The highest BCUT2D eigenvalue weighted by atomic mass is 16.5. The van der Waals surface area contributed by atoms with Gasteiger partial charge in [-0.2, -0.15) is 0 Å². The molecule has 3 nitrogen and oxygen atoms in total. The van der Waals surface area contributed by atoms with Gasteiger partial charge in [0.2, 0.25) is 0 Å². The molecule has 3 unspecified atom stereocenters. The molecule has 1 aromatic rings. The first-order chi connectivity index (χ1) is 11.4. The van der Waals surface area contributed by atoms with Crippen LogP contribution < -0.4 is 0 Å². The van der Waals surface area contributed by atoms with E-state index >= 15 is 0 Å². The van der Waals surface area contributed by atoms with Gasteiger partial charge >= 0.3 is 0 Å². The van der Waals surface area contributed by atoms with Gasteiger partial charge in [0.25, 0.3) is 0 Å². The number of hydrogen-bond donors (Lipinski definition) is 1. The molecular weight excluding hydrogens is 300 g/mol. The Hall–Kier alpha value is -1.42. The zero-order valence-corrected chi connectivity index (χ0v) is 15.4.